The number of carbonyl (C=O) groups excluding carboxylic acids is 2. The van der Waals surface area contributed by atoms with Crippen LogP contribution in [0.1, 0.15) is 24.2 Å². The van der Waals surface area contributed by atoms with Gasteiger partial charge in [0, 0.05) is 6.92 Å². The lowest BCUT2D eigenvalue weighted by molar-refractivity contribution is -0.131. The summed E-state index contributed by atoms with van der Waals surface area (Å²) in [7, 11) is 1.26. The van der Waals surface area contributed by atoms with Gasteiger partial charge < -0.3 is 14.2 Å². The molecule has 0 heterocycles. The molecule has 0 aliphatic rings. The summed E-state index contributed by atoms with van der Waals surface area (Å²) in [4.78, 5) is 22.4. The maximum absolute atomic E-state index is 11.5. The minimum atomic E-state index is -0.766. The van der Waals surface area contributed by atoms with Crippen molar-refractivity contribution in [3.05, 3.63) is 65.7 Å². The molecule has 1 unspecified atom stereocenters. The highest BCUT2D eigenvalue weighted by molar-refractivity contribution is 5.69. The second kappa shape index (κ2) is 7.26. The molecule has 0 bridgehead atoms. The van der Waals surface area contributed by atoms with Gasteiger partial charge in [0.15, 0.2) is 6.10 Å². The zero-order chi connectivity index (χ0) is 15.9. The number of benzene rings is 2. The van der Waals surface area contributed by atoms with Gasteiger partial charge in [-0.05, 0) is 23.3 Å². The van der Waals surface area contributed by atoms with E-state index in [-0.39, 0.29) is 0 Å². The Morgan fingerprint density at radius 1 is 0.909 bits per heavy atom. The average molecular weight is 300 g/mol. The lowest BCUT2D eigenvalue weighted by Crippen LogP contribution is -2.12. The Balaban J connectivity index is 2.28. The van der Waals surface area contributed by atoms with Gasteiger partial charge in [-0.1, -0.05) is 42.5 Å². The fraction of sp³-hybridized carbons (Fsp3) is 0.176. The average Bonchev–Trinajstić information content (AvgIpc) is 2.53. The Morgan fingerprint density at radius 2 is 1.50 bits per heavy atom. The first-order valence-electron chi connectivity index (χ1n) is 6.68. The topological polar surface area (TPSA) is 61.8 Å². The van der Waals surface area contributed by atoms with E-state index in [0.29, 0.717) is 5.75 Å². The van der Waals surface area contributed by atoms with Crippen molar-refractivity contribution in [2.45, 2.75) is 13.0 Å². The number of rotatable bonds is 4. The first kappa shape index (κ1) is 15.6. The van der Waals surface area contributed by atoms with Crippen molar-refractivity contribution in [1.29, 1.82) is 0 Å². The van der Waals surface area contributed by atoms with Gasteiger partial charge in [0.05, 0.1) is 7.11 Å². The van der Waals surface area contributed by atoms with Crippen molar-refractivity contribution in [1.82, 2.24) is 0 Å². The van der Waals surface area contributed by atoms with Gasteiger partial charge in [-0.2, -0.15) is 0 Å². The molecule has 2 aromatic carbocycles. The minimum absolute atomic E-state index is 0.391. The third-order valence-corrected chi connectivity index (χ3v) is 2.93. The molecule has 0 spiro atoms. The van der Waals surface area contributed by atoms with Gasteiger partial charge in [0.1, 0.15) is 5.75 Å². The maximum atomic E-state index is 11.5. The number of carbonyl (C=O) groups is 2. The normalized spacial score (nSPS) is 11.4. The first-order chi connectivity index (χ1) is 10.6. The molecule has 5 nitrogen and oxygen atoms in total. The van der Waals surface area contributed by atoms with E-state index in [9.17, 15) is 9.59 Å². The molecule has 0 saturated heterocycles. The Hall–Kier alpha value is -2.82. The molecule has 2 rings (SSSR count). The Morgan fingerprint density at radius 3 is 2.05 bits per heavy atom. The third kappa shape index (κ3) is 4.09. The molecule has 0 aliphatic heterocycles. The zero-order valence-corrected chi connectivity index (χ0v) is 12.3. The largest absolute Gasteiger partial charge is 0.508 e. The molecule has 0 aromatic heterocycles. The smallest absolute Gasteiger partial charge is 0.438 e. The van der Waals surface area contributed by atoms with Crippen LogP contribution in [0.2, 0.25) is 0 Å². The molecule has 0 amide bonds. The van der Waals surface area contributed by atoms with E-state index in [2.05, 4.69) is 4.74 Å². The molecule has 22 heavy (non-hydrogen) atoms. The van der Waals surface area contributed by atoms with Crippen LogP contribution in [-0.2, 0) is 14.3 Å². The molecule has 2 aromatic rings. The van der Waals surface area contributed by atoms with Crippen LogP contribution < -0.4 is 4.74 Å². The van der Waals surface area contributed by atoms with Crippen LogP contribution in [0, 0.1) is 0 Å². The van der Waals surface area contributed by atoms with Gasteiger partial charge in [-0.15, -0.1) is 0 Å². The molecule has 114 valence electrons. The molecular weight excluding hydrogens is 284 g/mol. The van der Waals surface area contributed by atoms with E-state index < -0.39 is 18.2 Å². The highest BCUT2D eigenvalue weighted by Crippen LogP contribution is 2.28. The molecule has 0 saturated carbocycles. The van der Waals surface area contributed by atoms with Crippen molar-refractivity contribution in [3.8, 4) is 5.75 Å². The van der Waals surface area contributed by atoms with Gasteiger partial charge >= 0.3 is 12.1 Å². The molecule has 0 radical (unpaired) electrons. The van der Waals surface area contributed by atoms with E-state index in [4.69, 9.17) is 9.47 Å². The number of hydrogen-bond donors (Lipinski definition) is 0. The second-order valence-corrected chi connectivity index (χ2v) is 4.53. The Bertz CT molecular complexity index is 634. The summed E-state index contributed by atoms with van der Waals surface area (Å²) < 4.78 is 14.9. The first-order valence-corrected chi connectivity index (χ1v) is 6.68. The third-order valence-electron chi connectivity index (χ3n) is 2.93. The van der Waals surface area contributed by atoms with Crippen LogP contribution in [0.3, 0.4) is 0 Å². The van der Waals surface area contributed by atoms with Crippen molar-refractivity contribution in [2.24, 2.45) is 0 Å². The van der Waals surface area contributed by atoms with Crippen LogP contribution in [0.15, 0.2) is 54.6 Å². The molecule has 5 heteroatoms. The van der Waals surface area contributed by atoms with Crippen LogP contribution in [0.5, 0.6) is 5.75 Å². The van der Waals surface area contributed by atoms with E-state index in [1.54, 1.807) is 24.3 Å². The van der Waals surface area contributed by atoms with Crippen molar-refractivity contribution in [2.75, 3.05) is 7.11 Å². The standard InChI is InChI=1S/C17H16O5/c1-12(18)21-15-10-8-14(9-11-15)16(22-17(19)20-2)13-6-4-3-5-7-13/h3-11,16H,1-2H3. The summed E-state index contributed by atoms with van der Waals surface area (Å²) in [5.74, 6) is 0.0410. The quantitative estimate of drug-likeness (QED) is 0.639. The van der Waals surface area contributed by atoms with E-state index >= 15 is 0 Å². The summed E-state index contributed by atoms with van der Waals surface area (Å²) in [6.07, 6.45) is -1.36. The molecule has 0 N–H and O–H groups in total. The summed E-state index contributed by atoms with van der Waals surface area (Å²) in [6, 6.07) is 16.1. The summed E-state index contributed by atoms with van der Waals surface area (Å²) in [5.41, 5.74) is 1.56. The Labute approximate surface area is 128 Å². The SMILES string of the molecule is COC(=O)OC(c1ccccc1)c1ccc(OC(C)=O)cc1. The molecule has 0 aliphatic carbocycles. The summed E-state index contributed by atoms with van der Waals surface area (Å²) >= 11 is 0. The molecule has 0 fully saturated rings. The van der Waals surface area contributed by atoms with Gasteiger partial charge in [-0.3, -0.25) is 4.79 Å². The second-order valence-electron chi connectivity index (χ2n) is 4.53. The number of esters is 1. The number of ether oxygens (including phenoxy) is 3. The fourth-order valence-electron chi connectivity index (χ4n) is 1.98. The minimum Gasteiger partial charge on any atom is -0.438 e. The molecular formula is C17H16O5. The van der Waals surface area contributed by atoms with Gasteiger partial charge in [-0.25, -0.2) is 4.79 Å². The van der Waals surface area contributed by atoms with Crippen molar-refractivity contribution >= 4 is 12.1 Å². The zero-order valence-electron chi connectivity index (χ0n) is 12.3. The lowest BCUT2D eigenvalue weighted by atomic mass is 10.0. The predicted octanol–water partition coefficient (Wildman–Crippen LogP) is 3.48. The lowest BCUT2D eigenvalue weighted by Gasteiger charge is -2.18. The fourth-order valence-corrected chi connectivity index (χ4v) is 1.98. The van der Waals surface area contributed by atoms with Crippen LogP contribution in [0.25, 0.3) is 0 Å². The highest BCUT2D eigenvalue weighted by atomic mass is 16.7. The summed E-state index contributed by atoms with van der Waals surface area (Å²) in [6.45, 7) is 1.33. The van der Waals surface area contributed by atoms with E-state index in [0.717, 1.165) is 11.1 Å². The van der Waals surface area contributed by atoms with Gasteiger partial charge in [0.2, 0.25) is 0 Å². The van der Waals surface area contributed by atoms with Crippen molar-refractivity contribution in [3.63, 3.8) is 0 Å². The van der Waals surface area contributed by atoms with Gasteiger partial charge in [0.25, 0.3) is 0 Å². The van der Waals surface area contributed by atoms with Crippen molar-refractivity contribution < 1.29 is 23.8 Å². The number of methoxy groups -OCH3 is 1. The van der Waals surface area contributed by atoms with Crippen LogP contribution in [-0.4, -0.2) is 19.2 Å². The molecule has 1 atom stereocenters. The summed E-state index contributed by atoms with van der Waals surface area (Å²) in [5, 5.41) is 0. The Kier molecular flexibility index (Phi) is 5.14. The maximum Gasteiger partial charge on any atom is 0.508 e. The highest BCUT2D eigenvalue weighted by Gasteiger charge is 2.19. The number of hydrogen-bond acceptors (Lipinski definition) is 5. The predicted molar refractivity (Wildman–Crippen MR) is 79.5 cm³/mol. The van der Waals surface area contributed by atoms with Crippen LogP contribution in [0.4, 0.5) is 4.79 Å². The van der Waals surface area contributed by atoms with Crippen LogP contribution >= 0.6 is 0 Å². The monoisotopic (exact) mass is 300 g/mol. The van der Waals surface area contributed by atoms with E-state index in [1.807, 2.05) is 30.3 Å². The van der Waals surface area contributed by atoms with E-state index in [1.165, 1.54) is 14.0 Å².